The molecule has 0 spiro atoms. The summed E-state index contributed by atoms with van der Waals surface area (Å²) in [6, 6.07) is 11.1. The lowest BCUT2D eigenvalue weighted by Gasteiger charge is -2.34. The van der Waals surface area contributed by atoms with Gasteiger partial charge in [0.2, 0.25) is 5.91 Å². The fraction of sp³-hybridized carbons (Fsp3) is 0.350. The first kappa shape index (κ1) is 20.3. The summed E-state index contributed by atoms with van der Waals surface area (Å²) < 4.78 is 52.2. The van der Waals surface area contributed by atoms with E-state index in [1.165, 1.54) is 36.4 Å². The molecule has 1 N–H and O–H groups in total. The molecule has 0 aromatic heterocycles. The van der Waals surface area contributed by atoms with Gasteiger partial charge in [0.05, 0.1) is 12.1 Å². The van der Waals surface area contributed by atoms with Crippen molar-refractivity contribution in [2.45, 2.75) is 12.7 Å². The van der Waals surface area contributed by atoms with Gasteiger partial charge in [-0.25, -0.2) is 4.39 Å². The predicted octanol–water partition coefficient (Wildman–Crippen LogP) is 3.60. The Kier molecular flexibility index (Phi) is 6.31. The van der Waals surface area contributed by atoms with Gasteiger partial charge in [-0.05, 0) is 35.9 Å². The number of carbonyl (C=O) groups is 1. The van der Waals surface area contributed by atoms with Gasteiger partial charge in [-0.1, -0.05) is 18.2 Å². The summed E-state index contributed by atoms with van der Waals surface area (Å²) in [5.74, 6) is -0.580. The van der Waals surface area contributed by atoms with E-state index in [9.17, 15) is 22.4 Å². The fourth-order valence-corrected chi connectivity index (χ4v) is 3.22. The van der Waals surface area contributed by atoms with Crippen molar-refractivity contribution in [2.24, 2.45) is 0 Å². The molecule has 8 heteroatoms. The smallest absolute Gasteiger partial charge is 0.325 e. The number of halogens is 4. The molecule has 1 saturated heterocycles. The normalized spacial score (nSPS) is 16.1. The van der Waals surface area contributed by atoms with Crippen LogP contribution < -0.4 is 5.32 Å². The summed E-state index contributed by atoms with van der Waals surface area (Å²) in [5.41, 5.74) is 0.183. The number of alkyl halides is 3. The van der Waals surface area contributed by atoms with Crippen LogP contribution in [0.1, 0.15) is 11.1 Å². The summed E-state index contributed by atoms with van der Waals surface area (Å²) in [5, 5.41) is 2.71. The van der Waals surface area contributed by atoms with Crippen molar-refractivity contribution in [3.05, 3.63) is 65.5 Å². The number of carbonyl (C=O) groups excluding carboxylic acids is 1. The van der Waals surface area contributed by atoms with E-state index in [2.05, 4.69) is 5.32 Å². The van der Waals surface area contributed by atoms with Crippen LogP contribution in [0.5, 0.6) is 0 Å². The van der Waals surface area contributed by atoms with E-state index in [1.807, 2.05) is 9.80 Å². The zero-order valence-electron chi connectivity index (χ0n) is 15.2. The third kappa shape index (κ3) is 5.53. The Hall–Kier alpha value is -2.45. The lowest BCUT2D eigenvalue weighted by atomic mass is 10.1. The zero-order valence-corrected chi connectivity index (χ0v) is 15.2. The minimum absolute atomic E-state index is 0.185. The van der Waals surface area contributed by atoms with Gasteiger partial charge in [0.25, 0.3) is 0 Å². The van der Waals surface area contributed by atoms with E-state index in [1.54, 1.807) is 6.07 Å². The first-order valence-electron chi connectivity index (χ1n) is 8.96. The van der Waals surface area contributed by atoms with Crippen molar-refractivity contribution in [3.63, 3.8) is 0 Å². The van der Waals surface area contributed by atoms with Crippen LogP contribution in [-0.4, -0.2) is 48.4 Å². The third-order valence-electron chi connectivity index (χ3n) is 4.68. The number of benzene rings is 2. The van der Waals surface area contributed by atoms with Gasteiger partial charge in [-0.15, -0.1) is 0 Å². The van der Waals surface area contributed by atoms with Gasteiger partial charge in [0, 0.05) is 38.4 Å². The molecule has 28 heavy (non-hydrogen) atoms. The van der Waals surface area contributed by atoms with E-state index in [4.69, 9.17) is 0 Å². The monoisotopic (exact) mass is 395 g/mol. The Morgan fingerprint density at radius 2 is 1.54 bits per heavy atom. The molecule has 0 saturated carbocycles. The molecule has 2 aromatic carbocycles. The number of nitrogens with one attached hydrogen (secondary N) is 1. The number of anilines is 1. The lowest BCUT2D eigenvalue weighted by molar-refractivity contribution is -0.138. The lowest BCUT2D eigenvalue weighted by Crippen LogP contribution is -2.48. The molecular formula is C20H21F4N3O. The SMILES string of the molecule is O=C(CN1CCN(Cc2ccccc2C(F)(F)F)CC1)Nc1ccc(F)cc1. The van der Waals surface area contributed by atoms with Crippen LogP contribution in [0.2, 0.25) is 0 Å². The van der Waals surface area contributed by atoms with Gasteiger partial charge in [0.15, 0.2) is 0 Å². The molecule has 1 heterocycles. The Bertz CT molecular complexity index is 800. The molecule has 3 rings (SSSR count). The van der Waals surface area contributed by atoms with Crippen LogP contribution in [0.25, 0.3) is 0 Å². The highest BCUT2D eigenvalue weighted by atomic mass is 19.4. The predicted molar refractivity (Wildman–Crippen MR) is 98.2 cm³/mol. The first-order valence-corrected chi connectivity index (χ1v) is 8.96. The Labute approximate surface area is 160 Å². The molecular weight excluding hydrogens is 374 g/mol. The molecule has 0 aliphatic carbocycles. The van der Waals surface area contributed by atoms with Crippen LogP contribution in [0.15, 0.2) is 48.5 Å². The van der Waals surface area contributed by atoms with Gasteiger partial charge in [-0.3, -0.25) is 14.6 Å². The first-order chi connectivity index (χ1) is 13.3. The van der Waals surface area contributed by atoms with Crippen molar-refractivity contribution in [1.29, 1.82) is 0 Å². The number of nitrogens with zero attached hydrogens (tertiary/aromatic N) is 2. The summed E-state index contributed by atoms with van der Waals surface area (Å²) in [6.07, 6.45) is -4.36. The molecule has 150 valence electrons. The van der Waals surface area contributed by atoms with Crippen molar-refractivity contribution in [1.82, 2.24) is 9.80 Å². The number of piperazine rings is 1. The van der Waals surface area contributed by atoms with E-state index in [-0.39, 0.29) is 30.4 Å². The maximum atomic E-state index is 13.1. The maximum absolute atomic E-state index is 13.1. The number of hydrogen-bond acceptors (Lipinski definition) is 3. The zero-order chi connectivity index (χ0) is 20.1. The highest BCUT2D eigenvalue weighted by Crippen LogP contribution is 2.32. The quantitative estimate of drug-likeness (QED) is 0.786. The molecule has 0 bridgehead atoms. The second-order valence-corrected chi connectivity index (χ2v) is 6.76. The second-order valence-electron chi connectivity index (χ2n) is 6.76. The number of amides is 1. The Morgan fingerprint density at radius 1 is 0.929 bits per heavy atom. The molecule has 1 fully saturated rings. The van der Waals surface area contributed by atoms with E-state index in [0.717, 1.165) is 6.07 Å². The molecule has 0 atom stereocenters. The van der Waals surface area contributed by atoms with Gasteiger partial charge >= 0.3 is 6.18 Å². The summed E-state index contributed by atoms with van der Waals surface area (Å²) in [4.78, 5) is 16.0. The molecule has 4 nitrogen and oxygen atoms in total. The van der Waals surface area contributed by atoms with Crippen LogP contribution >= 0.6 is 0 Å². The highest BCUT2D eigenvalue weighted by molar-refractivity contribution is 5.92. The van der Waals surface area contributed by atoms with Crippen molar-refractivity contribution in [2.75, 3.05) is 38.0 Å². The van der Waals surface area contributed by atoms with Gasteiger partial charge in [-0.2, -0.15) is 13.2 Å². The van der Waals surface area contributed by atoms with E-state index >= 15 is 0 Å². The van der Waals surface area contributed by atoms with E-state index in [0.29, 0.717) is 31.9 Å². The van der Waals surface area contributed by atoms with Crippen LogP contribution in [0, 0.1) is 5.82 Å². The van der Waals surface area contributed by atoms with Gasteiger partial charge < -0.3 is 5.32 Å². The van der Waals surface area contributed by atoms with Crippen molar-refractivity contribution >= 4 is 11.6 Å². The average Bonchev–Trinajstić information content (AvgIpc) is 2.65. The molecule has 0 unspecified atom stereocenters. The third-order valence-corrected chi connectivity index (χ3v) is 4.68. The maximum Gasteiger partial charge on any atom is 0.416 e. The summed E-state index contributed by atoms with van der Waals surface area (Å²) in [6.45, 7) is 2.75. The minimum atomic E-state index is -4.36. The van der Waals surface area contributed by atoms with Crippen molar-refractivity contribution < 1.29 is 22.4 Å². The molecule has 2 aromatic rings. The van der Waals surface area contributed by atoms with Crippen LogP contribution in [-0.2, 0) is 17.5 Å². The summed E-state index contributed by atoms with van der Waals surface area (Å²) in [7, 11) is 0. The fourth-order valence-electron chi connectivity index (χ4n) is 3.22. The van der Waals surface area contributed by atoms with Crippen LogP contribution in [0.4, 0.5) is 23.2 Å². The molecule has 1 aliphatic rings. The van der Waals surface area contributed by atoms with Crippen LogP contribution in [0.3, 0.4) is 0 Å². The molecule has 1 aliphatic heterocycles. The minimum Gasteiger partial charge on any atom is -0.325 e. The second kappa shape index (κ2) is 8.70. The average molecular weight is 395 g/mol. The summed E-state index contributed by atoms with van der Waals surface area (Å²) >= 11 is 0. The standard InChI is InChI=1S/C20H21F4N3O/c21-16-5-7-17(8-6-16)25-19(28)14-27-11-9-26(10-12-27)13-15-3-1-2-4-18(15)20(22,23)24/h1-8H,9-14H2,(H,25,28). The number of hydrogen-bond donors (Lipinski definition) is 1. The highest BCUT2D eigenvalue weighted by Gasteiger charge is 2.33. The molecule has 0 radical (unpaired) electrons. The number of rotatable bonds is 5. The van der Waals surface area contributed by atoms with Crippen molar-refractivity contribution in [3.8, 4) is 0 Å². The van der Waals surface area contributed by atoms with E-state index < -0.39 is 11.7 Å². The Balaban J connectivity index is 1.48. The topological polar surface area (TPSA) is 35.6 Å². The van der Waals surface area contributed by atoms with Gasteiger partial charge in [0.1, 0.15) is 5.82 Å². The largest absolute Gasteiger partial charge is 0.416 e. The molecule has 1 amide bonds. The Morgan fingerprint density at radius 3 is 2.18 bits per heavy atom.